The summed E-state index contributed by atoms with van der Waals surface area (Å²) in [4.78, 5) is 23.4. The number of hydrazone groups is 2. The van der Waals surface area contributed by atoms with Crippen LogP contribution < -0.4 is 20.3 Å². The molecule has 152 valence electrons. The van der Waals surface area contributed by atoms with Gasteiger partial charge in [-0.3, -0.25) is 9.59 Å². The summed E-state index contributed by atoms with van der Waals surface area (Å²) in [7, 11) is 3.09. The van der Waals surface area contributed by atoms with E-state index in [0.717, 1.165) is 0 Å². The maximum Gasteiger partial charge on any atom is 0.266 e. The van der Waals surface area contributed by atoms with Gasteiger partial charge in [0.1, 0.15) is 24.7 Å². The first-order valence-electron chi connectivity index (χ1n) is 8.61. The van der Waals surface area contributed by atoms with Crippen molar-refractivity contribution in [2.75, 3.05) is 27.4 Å². The summed E-state index contributed by atoms with van der Waals surface area (Å²) in [5.41, 5.74) is 6.04. The van der Waals surface area contributed by atoms with E-state index in [1.807, 2.05) is 24.3 Å². The molecule has 2 rings (SSSR count). The first kappa shape index (κ1) is 21.6. The van der Waals surface area contributed by atoms with Gasteiger partial charge in [-0.1, -0.05) is 24.3 Å². The molecule has 0 saturated heterocycles. The smallest absolute Gasteiger partial charge is 0.266 e. The van der Waals surface area contributed by atoms with E-state index in [-0.39, 0.29) is 13.2 Å². The molecule has 0 unspecified atom stereocenters. The number of hydrogen-bond donors (Lipinski definition) is 2. The second-order valence-electron chi connectivity index (χ2n) is 5.56. The van der Waals surface area contributed by atoms with Gasteiger partial charge in [0.05, 0.1) is 26.6 Å². The highest BCUT2D eigenvalue weighted by Gasteiger charge is 2.05. The quantitative estimate of drug-likeness (QED) is 0.463. The summed E-state index contributed by atoms with van der Waals surface area (Å²) in [5, 5.41) is 7.65. The van der Waals surface area contributed by atoms with E-state index >= 15 is 0 Å². The average molecular weight is 398 g/mol. The number of amides is 2. The van der Waals surface area contributed by atoms with Crippen molar-refractivity contribution < 1.29 is 23.8 Å². The van der Waals surface area contributed by atoms with Gasteiger partial charge in [0.2, 0.25) is 0 Å². The molecule has 2 amide bonds. The average Bonchev–Trinajstić information content (AvgIpc) is 2.74. The number of hydrogen-bond acceptors (Lipinski definition) is 7. The van der Waals surface area contributed by atoms with Crippen molar-refractivity contribution in [3.05, 3.63) is 59.7 Å². The van der Waals surface area contributed by atoms with E-state index in [0.29, 0.717) is 22.6 Å². The van der Waals surface area contributed by atoms with Gasteiger partial charge in [-0.25, -0.2) is 10.9 Å². The zero-order chi connectivity index (χ0) is 20.9. The number of carbonyl (C=O) groups is 2. The van der Waals surface area contributed by atoms with Crippen molar-refractivity contribution >= 4 is 24.2 Å². The summed E-state index contributed by atoms with van der Waals surface area (Å²) in [5.74, 6) is 0.266. The van der Waals surface area contributed by atoms with E-state index in [1.54, 1.807) is 38.5 Å². The molecule has 0 aliphatic carbocycles. The molecule has 29 heavy (non-hydrogen) atoms. The fourth-order valence-corrected chi connectivity index (χ4v) is 2.19. The molecule has 0 aliphatic rings. The fourth-order valence-electron chi connectivity index (χ4n) is 2.19. The minimum Gasteiger partial charge on any atom is -0.496 e. The van der Waals surface area contributed by atoms with Crippen molar-refractivity contribution in [1.29, 1.82) is 0 Å². The SMILES string of the molecule is COc1ccccc1/C=N\NC(=O)COCC(=O)N/N=C\c1ccccc1OC. The number of carbonyl (C=O) groups excluding carboxylic acids is 2. The van der Waals surface area contributed by atoms with E-state index in [9.17, 15) is 9.59 Å². The predicted molar refractivity (Wildman–Crippen MR) is 108 cm³/mol. The minimum absolute atomic E-state index is 0.326. The lowest BCUT2D eigenvalue weighted by molar-refractivity contribution is -0.130. The third kappa shape index (κ3) is 7.43. The monoisotopic (exact) mass is 398 g/mol. The van der Waals surface area contributed by atoms with Crippen LogP contribution in [0, 0.1) is 0 Å². The molecule has 0 aliphatic heterocycles. The third-order valence-corrected chi connectivity index (χ3v) is 3.53. The Labute approximate surface area is 168 Å². The number of benzene rings is 2. The van der Waals surface area contributed by atoms with Crippen LogP contribution in [0.25, 0.3) is 0 Å². The molecule has 9 heteroatoms. The maximum absolute atomic E-state index is 11.7. The Morgan fingerprint density at radius 3 is 1.62 bits per heavy atom. The largest absolute Gasteiger partial charge is 0.496 e. The van der Waals surface area contributed by atoms with Crippen molar-refractivity contribution in [3.63, 3.8) is 0 Å². The van der Waals surface area contributed by atoms with Crippen molar-refractivity contribution in [2.24, 2.45) is 10.2 Å². The molecule has 2 aromatic rings. The van der Waals surface area contributed by atoms with Crippen LogP contribution in [0.4, 0.5) is 0 Å². The number of nitrogens with zero attached hydrogens (tertiary/aromatic N) is 2. The van der Waals surface area contributed by atoms with E-state index in [2.05, 4.69) is 21.1 Å². The molecule has 0 aromatic heterocycles. The van der Waals surface area contributed by atoms with Crippen LogP contribution in [0.1, 0.15) is 11.1 Å². The van der Waals surface area contributed by atoms with E-state index in [4.69, 9.17) is 14.2 Å². The number of methoxy groups -OCH3 is 2. The molecule has 0 radical (unpaired) electrons. The normalized spacial score (nSPS) is 10.8. The van der Waals surface area contributed by atoms with Gasteiger partial charge < -0.3 is 14.2 Å². The third-order valence-electron chi connectivity index (χ3n) is 3.53. The molecule has 0 atom stereocenters. The minimum atomic E-state index is -0.499. The second kappa shape index (κ2) is 11.9. The molecule has 0 heterocycles. The van der Waals surface area contributed by atoms with Gasteiger partial charge in [-0.05, 0) is 24.3 Å². The highest BCUT2D eigenvalue weighted by Crippen LogP contribution is 2.15. The van der Waals surface area contributed by atoms with Crippen LogP contribution >= 0.6 is 0 Å². The van der Waals surface area contributed by atoms with Gasteiger partial charge in [0, 0.05) is 11.1 Å². The Morgan fingerprint density at radius 2 is 1.21 bits per heavy atom. The van der Waals surface area contributed by atoms with Gasteiger partial charge in [0.15, 0.2) is 0 Å². The van der Waals surface area contributed by atoms with Crippen LogP contribution in [0.5, 0.6) is 11.5 Å². The lowest BCUT2D eigenvalue weighted by Gasteiger charge is -2.04. The summed E-state index contributed by atoms with van der Waals surface area (Å²) in [6.07, 6.45) is 2.91. The lowest BCUT2D eigenvalue weighted by Crippen LogP contribution is -2.28. The molecule has 9 nitrogen and oxygen atoms in total. The van der Waals surface area contributed by atoms with Crippen molar-refractivity contribution in [2.45, 2.75) is 0 Å². The van der Waals surface area contributed by atoms with Crippen LogP contribution in [-0.2, 0) is 14.3 Å². The topological polar surface area (TPSA) is 111 Å². The van der Waals surface area contributed by atoms with Gasteiger partial charge in [-0.2, -0.15) is 10.2 Å². The van der Waals surface area contributed by atoms with Crippen molar-refractivity contribution in [1.82, 2.24) is 10.9 Å². The van der Waals surface area contributed by atoms with E-state index < -0.39 is 11.8 Å². The zero-order valence-electron chi connectivity index (χ0n) is 16.1. The number of para-hydroxylation sites is 2. The molecule has 0 fully saturated rings. The van der Waals surface area contributed by atoms with Crippen LogP contribution in [0.3, 0.4) is 0 Å². The summed E-state index contributed by atoms with van der Waals surface area (Å²) >= 11 is 0. The molecular weight excluding hydrogens is 376 g/mol. The molecular formula is C20H22N4O5. The Bertz CT molecular complexity index is 811. The predicted octanol–water partition coefficient (Wildman–Crippen LogP) is 1.32. The zero-order valence-corrected chi connectivity index (χ0v) is 16.1. The first-order chi connectivity index (χ1) is 14.1. The first-order valence-corrected chi connectivity index (χ1v) is 8.61. The second-order valence-corrected chi connectivity index (χ2v) is 5.56. The lowest BCUT2D eigenvalue weighted by atomic mass is 10.2. The summed E-state index contributed by atoms with van der Waals surface area (Å²) in [6, 6.07) is 14.4. The molecule has 2 aromatic carbocycles. The van der Waals surface area contributed by atoms with Crippen LogP contribution in [0.15, 0.2) is 58.7 Å². The van der Waals surface area contributed by atoms with Gasteiger partial charge in [0.25, 0.3) is 11.8 Å². The summed E-state index contributed by atoms with van der Waals surface area (Å²) < 4.78 is 15.4. The highest BCUT2D eigenvalue weighted by atomic mass is 16.5. The molecule has 0 saturated carbocycles. The number of ether oxygens (including phenoxy) is 3. The summed E-state index contributed by atoms with van der Waals surface area (Å²) in [6.45, 7) is -0.653. The molecule has 0 bridgehead atoms. The maximum atomic E-state index is 11.7. The van der Waals surface area contributed by atoms with Crippen LogP contribution in [0.2, 0.25) is 0 Å². The van der Waals surface area contributed by atoms with E-state index in [1.165, 1.54) is 12.4 Å². The van der Waals surface area contributed by atoms with Gasteiger partial charge in [-0.15, -0.1) is 0 Å². The Balaban J connectivity index is 1.68. The molecule has 2 N–H and O–H groups in total. The van der Waals surface area contributed by atoms with Gasteiger partial charge >= 0.3 is 0 Å². The Morgan fingerprint density at radius 1 is 0.793 bits per heavy atom. The number of nitrogens with one attached hydrogen (secondary N) is 2. The van der Waals surface area contributed by atoms with Crippen molar-refractivity contribution in [3.8, 4) is 11.5 Å². The highest BCUT2D eigenvalue weighted by molar-refractivity contribution is 5.86. The number of rotatable bonds is 10. The van der Waals surface area contributed by atoms with Crippen LogP contribution in [-0.4, -0.2) is 51.7 Å². The molecule has 0 spiro atoms. The Kier molecular flexibility index (Phi) is 8.84. The Hall–Kier alpha value is -3.72. The standard InChI is InChI=1S/C20H22N4O5/c1-27-17-9-5-3-7-15(17)11-21-23-19(25)13-29-14-20(26)24-22-12-16-8-4-6-10-18(16)28-2/h3-12H,13-14H2,1-2H3,(H,23,25)(H,24,26)/b21-11-,22-12-. The fraction of sp³-hybridized carbons (Fsp3) is 0.200.